The number of carbonyl (C=O) groups is 1. The third-order valence-electron chi connectivity index (χ3n) is 6.99. The summed E-state index contributed by atoms with van der Waals surface area (Å²) in [5.74, 6) is 0.146. The highest BCUT2D eigenvalue weighted by Gasteiger charge is 2.23. The Morgan fingerprint density at radius 3 is 2.47 bits per heavy atom. The quantitative estimate of drug-likeness (QED) is 0.126. The number of nitrogens with zero attached hydrogens (tertiary/aromatic N) is 5. The maximum Gasteiger partial charge on any atom is 0.274 e. The molecular formula is C31H29N9O3. The van der Waals surface area contributed by atoms with Gasteiger partial charge in [-0.2, -0.15) is 10.2 Å². The Morgan fingerprint density at radius 2 is 1.79 bits per heavy atom. The molecule has 5 aromatic rings. The zero-order chi connectivity index (χ0) is 30.5. The molecule has 216 valence electrons. The van der Waals surface area contributed by atoms with Crippen LogP contribution >= 0.6 is 0 Å². The maximum absolute atomic E-state index is 14.3. The summed E-state index contributed by atoms with van der Waals surface area (Å²) in [4.78, 5) is 39.3. The second-order valence-corrected chi connectivity index (χ2v) is 9.75. The van der Waals surface area contributed by atoms with Gasteiger partial charge in [-0.15, -0.1) is 0 Å². The van der Waals surface area contributed by atoms with Crippen LogP contribution < -0.4 is 27.4 Å². The molecule has 0 unspecified atom stereocenters. The zero-order valence-electron chi connectivity index (χ0n) is 23.5. The Balaban J connectivity index is 1.60. The minimum atomic E-state index is -0.598. The van der Waals surface area contributed by atoms with Gasteiger partial charge in [0.05, 0.1) is 28.3 Å². The minimum Gasteiger partial charge on any atom is -0.380 e. The van der Waals surface area contributed by atoms with E-state index in [0.717, 1.165) is 5.56 Å². The molecule has 0 aliphatic carbocycles. The number of aromatic nitrogens is 4. The fraction of sp³-hybridized carbons (Fsp3) is 0.161. The van der Waals surface area contributed by atoms with Crippen molar-refractivity contribution in [1.82, 2.24) is 25.0 Å². The summed E-state index contributed by atoms with van der Waals surface area (Å²) >= 11 is 0. The molecule has 43 heavy (non-hydrogen) atoms. The normalized spacial score (nSPS) is 11.5. The molecule has 12 heteroatoms. The number of aryl methyl sites for hydroxylation is 1. The molecule has 2 aromatic heterocycles. The summed E-state index contributed by atoms with van der Waals surface area (Å²) in [6.45, 7) is 4.00. The van der Waals surface area contributed by atoms with Crippen LogP contribution in [0.3, 0.4) is 0 Å². The van der Waals surface area contributed by atoms with Crippen molar-refractivity contribution in [3.63, 3.8) is 0 Å². The van der Waals surface area contributed by atoms with Crippen LogP contribution in [0.1, 0.15) is 52.4 Å². The van der Waals surface area contributed by atoms with Gasteiger partial charge < -0.3 is 16.4 Å². The molecule has 0 fully saturated rings. The van der Waals surface area contributed by atoms with Crippen LogP contribution in [0.5, 0.6) is 0 Å². The molecule has 0 aliphatic rings. The van der Waals surface area contributed by atoms with Crippen LogP contribution in [0.25, 0.3) is 16.6 Å². The Labute approximate surface area is 246 Å². The predicted octanol–water partition coefficient (Wildman–Crippen LogP) is 4.23. The lowest BCUT2D eigenvalue weighted by Crippen LogP contribution is -2.29. The Bertz CT molecular complexity index is 1900. The summed E-state index contributed by atoms with van der Waals surface area (Å²) in [5.41, 5.74) is 10.8. The summed E-state index contributed by atoms with van der Waals surface area (Å²) in [6, 6.07) is 23.0. The topological polar surface area (TPSA) is 184 Å². The van der Waals surface area contributed by atoms with E-state index in [2.05, 4.69) is 26.7 Å². The van der Waals surface area contributed by atoms with Gasteiger partial charge in [0.15, 0.2) is 0 Å². The van der Waals surface area contributed by atoms with Gasteiger partial charge in [0, 0.05) is 17.8 Å². The van der Waals surface area contributed by atoms with E-state index in [-0.39, 0.29) is 22.9 Å². The number of hydroxylamine groups is 1. The van der Waals surface area contributed by atoms with Crippen molar-refractivity contribution < 1.29 is 10.0 Å². The second kappa shape index (κ2) is 12.4. The Kier molecular flexibility index (Phi) is 8.27. The van der Waals surface area contributed by atoms with E-state index >= 15 is 0 Å². The molecule has 3 aromatic carbocycles. The number of fused-ring (bicyclic) bond motifs is 1. The van der Waals surface area contributed by atoms with Crippen molar-refractivity contribution in [3.05, 3.63) is 111 Å². The molecule has 0 bridgehead atoms. The van der Waals surface area contributed by atoms with Crippen molar-refractivity contribution in [2.24, 2.45) is 0 Å². The van der Waals surface area contributed by atoms with Gasteiger partial charge in [-0.3, -0.25) is 19.4 Å². The maximum atomic E-state index is 14.3. The van der Waals surface area contributed by atoms with Crippen molar-refractivity contribution in [2.45, 2.75) is 32.9 Å². The predicted molar refractivity (Wildman–Crippen MR) is 163 cm³/mol. The smallest absolute Gasteiger partial charge is 0.274 e. The van der Waals surface area contributed by atoms with E-state index in [4.69, 9.17) is 15.9 Å². The number of carbonyl (C=O) groups excluding carboxylic acids is 1. The number of nitrogens with one attached hydrogen (secondary N) is 3. The summed E-state index contributed by atoms with van der Waals surface area (Å²) < 4.78 is 1.57. The van der Waals surface area contributed by atoms with Crippen LogP contribution in [0.15, 0.2) is 77.6 Å². The molecule has 0 saturated carbocycles. The molecule has 0 aliphatic heterocycles. The van der Waals surface area contributed by atoms with Gasteiger partial charge in [0.2, 0.25) is 5.95 Å². The van der Waals surface area contributed by atoms with E-state index < -0.39 is 11.9 Å². The monoisotopic (exact) mass is 575 g/mol. The summed E-state index contributed by atoms with van der Waals surface area (Å²) in [5, 5.41) is 25.6. The number of nitrogens with two attached hydrogens (primary N) is 1. The van der Waals surface area contributed by atoms with Gasteiger partial charge in [-0.05, 0) is 55.3 Å². The van der Waals surface area contributed by atoms with Gasteiger partial charge >= 0.3 is 0 Å². The van der Waals surface area contributed by atoms with E-state index in [1.54, 1.807) is 47.3 Å². The molecule has 2 heterocycles. The third-order valence-corrected chi connectivity index (χ3v) is 6.99. The van der Waals surface area contributed by atoms with E-state index in [9.17, 15) is 14.9 Å². The number of benzene rings is 3. The van der Waals surface area contributed by atoms with Gasteiger partial charge in [-0.25, -0.2) is 15.4 Å². The number of hydrogen-bond acceptors (Lipinski definition) is 10. The molecule has 6 N–H and O–H groups in total. The minimum absolute atomic E-state index is 0.0304. The average Bonchev–Trinajstić information content (AvgIpc) is 3.02. The first-order valence-corrected chi connectivity index (χ1v) is 13.5. The molecule has 0 spiro atoms. The highest BCUT2D eigenvalue weighted by Crippen LogP contribution is 2.28. The number of nitrogen functional groups attached to an aromatic ring is 1. The number of nitriles is 1. The van der Waals surface area contributed by atoms with Crippen LogP contribution in [0.2, 0.25) is 0 Å². The first kappa shape index (κ1) is 28.7. The molecule has 0 saturated heterocycles. The highest BCUT2D eigenvalue weighted by molar-refractivity contribution is 5.93. The summed E-state index contributed by atoms with van der Waals surface area (Å²) in [6.07, 6.45) is 0.515. The second-order valence-electron chi connectivity index (χ2n) is 9.75. The molecular weight excluding hydrogens is 546 g/mol. The van der Waals surface area contributed by atoms with Crippen molar-refractivity contribution in [1.29, 1.82) is 5.26 Å². The Hall–Kier alpha value is -5.80. The lowest BCUT2D eigenvalue weighted by Gasteiger charge is -2.23. The average molecular weight is 576 g/mol. The molecule has 12 nitrogen and oxygen atoms in total. The highest BCUT2D eigenvalue weighted by atomic mass is 16.5. The first-order chi connectivity index (χ1) is 20.8. The van der Waals surface area contributed by atoms with Crippen molar-refractivity contribution in [3.8, 4) is 11.8 Å². The molecule has 1 amide bonds. The number of amides is 1. The van der Waals surface area contributed by atoms with Crippen molar-refractivity contribution >= 4 is 34.3 Å². The van der Waals surface area contributed by atoms with Gasteiger partial charge in [0.1, 0.15) is 23.3 Å². The number of rotatable bonds is 9. The van der Waals surface area contributed by atoms with Crippen LogP contribution in [0, 0.1) is 18.3 Å². The SMILES string of the molecule is CC[C@H](Nc1nc(N)nc(C)c1C#N)c1nc2cccc(NCc3ccc(C(=O)NO)cc3)c2c(=O)n1-c1ccccc1. The van der Waals surface area contributed by atoms with E-state index in [0.29, 0.717) is 52.3 Å². The van der Waals surface area contributed by atoms with Crippen LogP contribution in [0.4, 0.5) is 17.5 Å². The standard InChI is InChI=1S/C31H29N9O3/c1-3-23(36-27-22(16-32)18(2)35-31(33)38-27)28-37-25-11-7-10-24(26(25)30(42)40(28)21-8-5-4-6-9-21)34-17-19-12-14-20(15-13-19)29(41)39-43/h4-15,23,34,43H,3,17H2,1-2H3,(H,39,41)(H3,33,35,36,38)/t23-/m0/s1. The molecule has 0 radical (unpaired) electrons. The summed E-state index contributed by atoms with van der Waals surface area (Å²) in [7, 11) is 0. The lowest BCUT2D eigenvalue weighted by molar-refractivity contribution is 0.0706. The number of anilines is 3. The first-order valence-electron chi connectivity index (χ1n) is 13.5. The fourth-order valence-electron chi connectivity index (χ4n) is 4.84. The van der Waals surface area contributed by atoms with E-state index in [1.165, 1.54) is 0 Å². The van der Waals surface area contributed by atoms with Crippen LogP contribution in [-0.4, -0.2) is 30.6 Å². The number of hydrogen-bond donors (Lipinski definition) is 5. The largest absolute Gasteiger partial charge is 0.380 e. The molecule has 5 rings (SSSR count). The fourth-order valence-corrected chi connectivity index (χ4v) is 4.84. The third kappa shape index (κ3) is 5.83. The molecule has 1 atom stereocenters. The van der Waals surface area contributed by atoms with Gasteiger partial charge in [-0.1, -0.05) is 43.3 Å². The number of para-hydroxylation sites is 1. The van der Waals surface area contributed by atoms with Crippen LogP contribution in [-0.2, 0) is 6.54 Å². The lowest BCUT2D eigenvalue weighted by atomic mass is 10.1. The zero-order valence-corrected chi connectivity index (χ0v) is 23.5. The van der Waals surface area contributed by atoms with E-state index in [1.807, 2.05) is 49.4 Å². The Morgan fingerprint density at radius 1 is 1.05 bits per heavy atom. The van der Waals surface area contributed by atoms with Gasteiger partial charge in [0.25, 0.3) is 11.5 Å². The van der Waals surface area contributed by atoms with Crippen molar-refractivity contribution in [2.75, 3.05) is 16.4 Å².